The number of amides is 2. The first-order valence-corrected chi connectivity index (χ1v) is 8.92. The summed E-state index contributed by atoms with van der Waals surface area (Å²) in [5.41, 5.74) is 1.03. The van der Waals surface area contributed by atoms with Gasteiger partial charge in [0.1, 0.15) is 0 Å². The number of likely N-dealkylation sites (N-methyl/N-ethyl adjacent to an activating group) is 1. The van der Waals surface area contributed by atoms with Crippen molar-refractivity contribution >= 4 is 17.3 Å². The number of carbonyl (C=O) groups excluding carboxylic acids is 2. The molecule has 1 aliphatic heterocycles. The highest BCUT2D eigenvalue weighted by Gasteiger charge is 2.27. The molecule has 1 saturated heterocycles. The van der Waals surface area contributed by atoms with E-state index in [1.54, 1.807) is 10.6 Å². The fraction of sp³-hybridized carbons (Fsp3) is 0.500. The Morgan fingerprint density at radius 3 is 2.60 bits per heavy atom. The van der Waals surface area contributed by atoms with Crippen LogP contribution in [0, 0.1) is 0 Å². The van der Waals surface area contributed by atoms with Crippen LogP contribution in [-0.2, 0) is 0 Å². The molecule has 134 valence electrons. The normalized spacial score (nSPS) is 15.5. The maximum Gasteiger partial charge on any atom is 0.287 e. The van der Waals surface area contributed by atoms with E-state index in [0.29, 0.717) is 30.8 Å². The molecule has 1 N–H and O–H groups in total. The third-order valence-corrected chi connectivity index (χ3v) is 4.60. The van der Waals surface area contributed by atoms with Crippen molar-refractivity contribution in [2.75, 3.05) is 39.3 Å². The molecular weight excluding hydrogens is 318 g/mol. The molecule has 3 rings (SSSR count). The van der Waals surface area contributed by atoms with Gasteiger partial charge in [-0.15, -0.1) is 0 Å². The highest BCUT2D eigenvalue weighted by Crippen LogP contribution is 2.16. The van der Waals surface area contributed by atoms with E-state index in [4.69, 9.17) is 0 Å². The Kier molecular flexibility index (Phi) is 5.33. The highest BCUT2D eigenvalue weighted by molar-refractivity contribution is 6.02. The smallest absolute Gasteiger partial charge is 0.287 e. The molecule has 2 aromatic heterocycles. The number of nitrogens with zero attached hydrogens (tertiary/aromatic N) is 4. The summed E-state index contributed by atoms with van der Waals surface area (Å²) in [6, 6.07) is 5.52. The Bertz CT molecular complexity index is 762. The van der Waals surface area contributed by atoms with Crippen molar-refractivity contribution in [3.63, 3.8) is 0 Å². The van der Waals surface area contributed by atoms with Crippen LogP contribution in [0.25, 0.3) is 5.52 Å². The van der Waals surface area contributed by atoms with E-state index in [2.05, 4.69) is 22.1 Å². The van der Waals surface area contributed by atoms with Crippen molar-refractivity contribution in [3.05, 3.63) is 35.9 Å². The number of hydrogen-bond acceptors (Lipinski definition) is 4. The summed E-state index contributed by atoms with van der Waals surface area (Å²) in [5, 5.41) is 2.83. The van der Waals surface area contributed by atoms with Crippen molar-refractivity contribution in [1.82, 2.24) is 24.5 Å². The largest absolute Gasteiger partial charge is 0.349 e. The summed E-state index contributed by atoms with van der Waals surface area (Å²) in [4.78, 5) is 33.9. The van der Waals surface area contributed by atoms with Crippen molar-refractivity contribution < 1.29 is 9.59 Å². The number of pyridine rings is 1. The lowest BCUT2D eigenvalue weighted by molar-refractivity contribution is 0.0640. The molecule has 25 heavy (non-hydrogen) atoms. The standard InChI is InChI=1S/C18H25N5O2/c1-3-8-19-17(24)16-20-15(14-7-5-6-9-23(14)16)18(25)22-12-10-21(4-2)11-13-22/h5-7,9H,3-4,8,10-13H2,1-2H3,(H,19,24). The van der Waals surface area contributed by atoms with E-state index >= 15 is 0 Å². The van der Waals surface area contributed by atoms with Crippen LogP contribution >= 0.6 is 0 Å². The van der Waals surface area contributed by atoms with E-state index in [0.717, 1.165) is 26.1 Å². The summed E-state index contributed by atoms with van der Waals surface area (Å²) in [6.07, 6.45) is 2.62. The lowest BCUT2D eigenvalue weighted by Gasteiger charge is -2.33. The molecule has 0 bridgehead atoms. The van der Waals surface area contributed by atoms with Gasteiger partial charge in [-0.3, -0.25) is 14.0 Å². The molecule has 0 saturated carbocycles. The van der Waals surface area contributed by atoms with E-state index in [9.17, 15) is 9.59 Å². The van der Waals surface area contributed by atoms with Gasteiger partial charge in [-0.2, -0.15) is 0 Å². The molecule has 0 unspecified atom stereocenters. The van der Waals surface area contributed by atoms with Crippen LogP contribution in [0.1, 0.15) is 41.4 Å². The van der Waals surface area contributed by atoms with Crippen molar-refractivity contribution in [2.24, 2.45) is 0 Å². The van der Waals surface area contributed by atoms with Crippen molar-refractivity contribution in [3.8, 4) is 0 Å². The van der Waals surface area contributed by atoms with E-state index < -0.39 is 0 Å². The zero-order valence-corrected chi connectivity index (χ0v) is 14.9. The number of hydrogen-bond donors (Lipinski definition) is 1. The zero-order chi connectivity index (χ0) is 17.8. The third kappa shape index (κ3) is 3.51. The summed E-state index contributed by atoms with van der Waals surface area (Å²) < 4.78 is 1.69. The Balaban J connectivity index is 1.89. The predicted molar refractivity (Wildman–Crippen MR) is 95.8 cm³/mol. The number of piperazine rings is 1. The summed E-state index contributed by atoms with van der Waals surface area (Å²) in [7, 11) is 0. The number of carbonyl (C=O) groups is 2. The van der Waals surface area contributed by atoms with E-state index in [1.807, 2.05) is 30.0 Å². The summed E-state index contributed by atoms with van der Waals surface area (Å²) in [5.74, 6) is -0.0912. The quantitative estimate of drug-likeness (QED) is 0.887. The Morgan fingerprint density at radius 2 is 1.92 bits per heavy atom. The van der Waals surface area contributed by atoms with Gasteiger partial charge in [-0.1, -0.05) is 19.9 Å². The molecule has 0 radical (unpaired) electrons. The fourth-order valence-corrected chi connectivity index (χ4v) is 3.09. The number of fused-ring (bicyclic) bond motifs is 1. The SMILES string of the molecule is CCCNC(=O)c1nc(C(=O)N2CCN(CC)CC2)c2ccccn12. The maximum absolute atomic E-state index is 13.0. The van der Waals surface area contributed by atoms with Crippen LogP contribution in [0.2, 0.25) is 0 Å². The lowest BCUT2D eigenvalue weighted by atomic mass is 10.2. The van der Waals surface area contributed by atoms with Crippen LogP contribution < -0.4 is 5.32 Å². The monoisotopic (exact) mass is 343 g/mol. The molecule has 2 aromatic rings. The average molecular weight is 343 g/mol. The summed E-state index contributed by atoms with van der Waals surface area (Å²) >= 11 is 0. The second kappa shape index (κ2) is 7.65. The van der Waals surface area contributed by atoms with Crippen LogP contribution in [0.3, 0.4) is 0 Å². The topological polar surface area (TPSA) is 70.0 Å². The van der Waals surface area contributed by atoms with Crippen LogP contribution in [0.15, 0.2) is 24.4 Å². The molecule has 1 aliphatic rings. The number of nitrogens with one attached hydrogen (secondary N) is 1. The zero-order valence-electron chi connectivity index (χ0n) is 14.9. The molecule has 3 heterocycles. The first kappa shape index (κ1) is 17.4. The first-order valence-electron chi connectivity index (χ1n) is 8.92. The van der Waals surface area contributed by atoms with Crippen molar-refractivity contribution in [1.29, 1.82) is 0 Å². The van der Waals surface area contributed by atoms with Crippen LogP contribution in [0.4, 0.5) is 0 Å². The van der Waals surface area contributed by atoms with Crippen molar-refractivity contribution in [2.45, 2.75) is 20.3 Å². The highest BCUT2D eigenvalue weighted by atomic mass is 16.2. The maximum atomic E-state index is 13.0. The molecule has 7 heteroatoms. The minimum atomic E-state index is -0.252. The van der Waals surface area contributed by atoms with Crippen LogP contribution in [-0.4, -0.2) is 70.3 Å². The van der Waals surface area contributed by atoms with Gasteiger partial charge in [0, 0.05) is 38.9 Å². The molecule has 1 fully saturated rings. The van der Waals surface area contributed by atoms with Gasteiger partial charge in [-0.05, 0) is 25.1 Å². The van der Waals surface area contributed by atoms with E-state index in [-0.39, 0.29) is 17.6 Å². The number of imidazole rings is 1. The molecule has 7 nitrogen and oxygen atoms in total. The number of aromatic nitrogens is 2. The van der Waals surface area contributed by atoms with Gasteiger partial charge in [0.15, 0.2) is 5.69 Å². The molecular formula is C18H25N5O2. The van der Waals surface area contributed by atoms with Gasteiger partial charge in [0.25, 0.3) is 11.8 Å². The molecule has 0 aliphatic carbocycles. The molecule has 0 aromatic carbocycles. The predicted octanol–water partition coefficient (Wildman–Crippen LogP) is 1.25. The van der Waals surface area contributed by atoms with Gasteiger partial charge < -0.3 is 15.1 Å². The fourth-order valence-electron chi connectivity index (χ4n) is 3.09. The summed E-state index contributed by atoms with van der Waals surface area (Å²) in [6.45, 7) is 8.83. The minimum Gasteiger partial charge on any atom is -0.349 e. The Labute approximate surface area is 147 Å². The minimum absolute atomic E-state index is 0.103. The third-order valence-electron chi connectivity index (χ3n) is 4.60. The van der Waals surface area contributed by atoms with Gasteiger partial charge >= 0.3 is 0 Å². The Morgan fingerprint density at radius 1 is 1.16 bits per heavy atom. The van der Waals surface area contributed by atoms with Gasteiger partial charge in [-0.25, -0.2) is 4.98 Å². The molecule has 0 spiro atoms. The van der Waals surface area contributed by atoms with Gasteiger partial charge in [0.2, 0.25) is 5.82 Å². The lowest BCUT2D eigenvalue weighted by Crippen LogP contribution is -2.48. The molecule has 0 atom stereocenters. The molecule has 2 amide bonds. The average Bonchev–Trinajstić information content (AvgIpc) is 3.05. The second-order valence-electron chi connectivity index (χ2n) is 6.22. The van der Waals surface area contributed by atoms with E-state index in [1.165, 1.54) is 0 Å². The van der Waals surface area contributed by atoms with Crippen LogP contribution in [0.5, 0.6) is 0 Å². The first-order chi connectivity index (χ1) is 12.2. The number of rotatable bonds is 5. The second-order valence-corrected chi connectivity index (χ2v) is 6.22. The van der Waals surface area contributed by atoms with Gasteiger partial charge in [0.05, 0.1) is 5.52 Å². The Hall–Kier alpha value is -2.41.